The monoisotopic (exact) mass is 260 g/mol. The van der Waals surface area contributed by atoms with Gasteiger partial charge in [-0.25, -0.2) is 9.59 Å². The van der Waals surface area contributed by atoms with Gasteiger partial charge in [0.2, 0.25) is 0 Å². The molecule has 0 aromatic carbocycles. The Morgan fingerprint density at radius 3 is 2.44 bits per heavy atom. The van der Waals surface area contributed by atoms with Crippen LogP contribution in [0.3, 0.4) is 0 Å². The number of carboxylic acid groups (broad SMARTS) is 1. The molecule has 0 heterocycles. The topological polar surface area (TPSA) is 96.9 Å². The number of nitrogens with one attached hydrogen (secondary N) is 2. The van der Waals surface area contributed by atoms with Crippen LogP contribution in [0.25, 0.3) is 0 Å². The minimum Gasteiger partial charge on any atom is -0.480 e. The smallest absolute Gasteiger partial charge is 0.328 e. The van der Waals surface area contributed by atoms with Crippen molar-refractivity contribution in [2.24, 2.45) is 0 Å². The highest BCUT2D eigenvalue weighted by molar-refractivity contribution is 5.82. The molecule has 104 valence electrons. The van der Waals surface area contributed by atoms with Crippen molar-refractivity contribution in [3.63, 3.8) is 0 Å². The second-order valence-electron chi connectivity index (χ2n) is 4.41. The van der Waals surface area contributed by atoms with Crippen LogP contribution in [0.2, 0.25) is 0 Å². The predicted octanol–water partition coefficient (Wildman–Crippen LogP) is -0.0457. The molecule has 0 spiro atoms. The molecule has 0 aromatic rings. The summed E-state index contributed by atoms with van der Waals surface area (Å²) in [7, 11) is 2.99. The number of ether oxygens (including phenoxy) is 2. The first-order valence-corrected chi connectivity index (χ1v) is 5.84. The number of aliphatic carboxylic acids is 1. The summed E-state index contributed by atoms with van der Waals surface area (Å²) >= 11 is 0. The lowest BCUT2D eigenvalue weighted by Gasteiger charge is -2.40. The van der Waals surface area contributed by atoms with Gasteiger partial charge in [-0.1, -0.05) is 0 Å². The van der Waals surface area contributed by atoms with E-state index in [4.69, 9.17) is 14.6 Å². The van der Waals surface area contributed by atoms with Crippen LogP contribution >= 0.6 is 0 Å². The Morgan fingerprint density at radius 1 is 1.39 bits per heavy atom. The lowest BCUT2D eigenvalue weighted by molar-refractivity contribution is -0.140. The first-order valence-electron chi connectivity index (χ1n) is 5.84. The molecule has 1 saturated carbocycles. The van der Waals surface area contributed by atoms with E-state index in [1.807, 2.05) is 0 Å². The number of rotatable bonds is 7. The fourth-order valence-electron chi connectivity index (χ4n) is 1.82. The molecule has 0 aliphatic heterocycles. The summed E-state index contributed by atoms with van der Waals surface area (Å²) in [6.07, 6.45) is 2.90. The van der Waals surface area contributed by atoms with E-state index in [1.165, 1.54) is 7.11 Å². The van der Waals surface area contributed by atoms with Gasteiger partial charge in [0.25, 0.3) is 0 Å². The third kappa shape index (κ3) is 3.85. The Kier molecular flexibility index (Phi) is 5.36. The van der Waals surface area contributed by atoms with Gasteiger partial charge in [-0.2, -0.15) is 0 Å². The lowest BCUT2D eigenvalue weighted by atomic mass is 9.80. The SMILES string of the molecule is COCC(NC(=O)NCC1(OC)CCC1)C(=O)O. The molecule has 2 amide bonds. The Labute approximate surface area is 106 Å². The molecular formula is C11H20N2O5. The minimum absolute atomic E-state index is 0.0713. The number of urea groups is 1. The Morgan fingerprint density at radius 2 is 2.06 bits per heavy atom. The third-order valence-corrected chi connectivity index (χ3v) is 3.21. The van der Waals surface area contributed by atoms with Crippen molar-refractivity contribution < 1.29 is 24.2 Å². The summed E-state index contributed by atoms with van der Waals surface area (Å²) in [6, 6.07) is -1.57. The second-order valence-corrected chi connectivity index (χ2v) is 4.41. The zero-order valence-corrected chi connectivity index (χ0v) is 10.7. The molecule has 0 bridgehead atoms. The van der Waals surface area contributed by atoms with Crippen molar-refractivity contribution in [3.05, 3.63) is 0 Å². The summed E-state index contributed by atoms with van der Waals surface area (Å²) in [6.45, 7) is 0.312. The summed E-state index contributed by atoms with van der Waals surface area (Å²) in [5.41, 5.74) is -0.280. The molecule has 7 heteroatoms. The van der Waals surface area contributed by atoms with Crippen molar-refractivity contribution in [1.82, 2.24) is 10.6 Å². The van der Waals surface area contributed by atoms with Crippen LogP contribution in [0.4, 0.5) is 4.79 Å². The average molecular weight is 260 g/mol. The Balaban J connectivity index is 2.33. The van der Waals surface area contributed by atoms with E-state index in [9.17, 15) is 9.59 Å². The van der Waals surface area contributed by atoms with E-state index in [2.05, 4.69) is 10.6 Å². The fourth-order valence-corrected chi connectivity index (χ4v) is 1.82. The molecule has 1 atom stereocenters. The normalized spacial score (nSPS) is 18.6. The minimum atomic E-state index is -1.13. The van der Waals surface area contributed by atoms with Gasteiger partial charge in [0.05, 0.1) is 12.2 Å². The maximum absolute atomic E-state index is 11.5. The van der Waals surface area contributed by atoms with Crippen LogP contribution in [0, 0.1) is 0 Å². The number of carbonyl (C=O) groups is 2. The zero-order valence-electron chi connectivity index (χ0n) is 10.7. The van der Waals surface area contributed by atoms with Gasteiger partial charge >= 0.3 is 12.0 Å². The summed E-state index contributed by atoms with van der Waals surface area (Å²) < 4.78 is 10.1. The van der Waals surface area contributed by atoms with E-state index < -0.39 is 18.0 Å². The van der Waals surface area contributed by atoms with Gasteiger partial charge < -0.3 is 25.2 Å². The van der Waals surface area contributed by atoms with E-state index >= 15 is 0 Å². The Bertz CT molecular complexity index is 298. The maximum atomic E-state index is 11.5. The fraction of sp³-hybridized carbons (Fsp3) is 0.818. The van der Waals surface area contributed by atoms with Crippen LogP contribution in [0.15, 0.2) is 0 Å². The van der Waals surface area contributed by atoms with Crippen molar-refractivity contribution >= 4 is 12.0 Å². The van der Waals surface area contributed by atoms with Crippen molar-refractivity contribution in [3.8, 4) is 0 Å². The number of carboxylic acids is 1. The summed E-state index contributed by atoms with van der Waals surface area (Å²) in [5, 5.41) is 13.8. The highest BCUT2D eigenvalue weighted by Gasteiger charge is 2.37. The maximum Gasteiger partial charge on any atom is 0.328 e. The molecule has 1 fully saturated rings. The largest absolute Gasteiger partial charge is 0.480 e. The standard InChI is InChI=1S/C11H20N2O5/c1-17-6-8(9(14)15)13-10(16)12-7-11(18-2)4-3-5-11/h8H,3-7H2,1-2H3,(H,14,15)(H2,12,13,16). The second kappa shape index (κ2) is 6.55. The van der Waals surface area contributed by atoms with Gasteiger partial charge in [0.15, 0.2) is 6.04 Å². The molecule has 1 unspecified atom stereocenters. The zero-order chi connectivity index (χ0) is 13.6. The molecule has 1 aliphatic carbocycles. The van der Waals surface area contributed by atoms with Crippen molar-refractivity contribution in [1.29, 1.82) is 0 Å². The number of hydrogen-bond acceptors (Lipinski definition) is 4. The van der Waals surface area contributed by atoms with Gasteiger partial charge in [-0.05, 0) is 19.3 Å². The van der Waals surface area contributed by atoms with Crippen LogP contribution in [0.5, 0.6) is 0 Å². The summed E-state index contributed by atoms with van der Waals surface area (Å²) in [4.78, 5) is 22.3. The van der Waals surface area contributed by atoms with E-state index in [-0.39, 0.29) is 12.2 Å². The Hall–Kier alpha value is -1.34. The molecular weight excluding hydrogens is 240 g/mol. The number of hydrogen-bond donors (Lipinski definition) is 3. The van der Waals surface area contributed by atoms with E-state index in [1.54, 1.807) is 7.11 Å². The molecule has 0 radical (unpaired) electrons. The van der Waals surface area contributed by atoms with Crippen LogP contribution in [-0.4, -0.2) is 56.1 Å². The number of amides is 2. The van der Waals surface area contributed by atoms with Crippen LogP contribution in [0.1, 0.15) is 19.3 Å². The highest BCUT2D eigenvalue weighted by Crippen LogP contribution is 2.34. The van der Waals surface area contributed by atoms with Crippen LogP contribution in [-0.2, 0) is 14.3 Å². The van der Waals surface area contributed by atoms with Crippen LogP contribution < -0.4 is 10.6 Å². The quantitative estimate of drug-likeness (QED) is 0.596. The summed E-state index contributed by atoms with van der Waals surface area (Å²) in [5.74, 6) is -1.13. The first kappa shape index (κ1) is 14.7. The predicted molar refractivity (Wildman–Crippen MR) is 63.4 cm³/mol. The average Bonchev–Trinajstić information content (AvgIpc) is 2.27. The third-order valence-electron chi connectivity index (χ3n) is 3.21. The van der Waals surface area contributed by atoms with Gasteiger partial charge in [-0.15, -0.1) is 0 Å². The van der Waals surface area contributed by atoms with Gasteiger partial charge in [-0.3, -0.25) is 0 Å². The van der Waals surface area contributed by atoms with E-state index in [0.717, 1.165) is 19.3 Å². The molecule has 0 saturated heterocycles. The first-order chi connectivity index (χ1) is 8.53. The molecule has 3 N–H and O–H groups in total. The highest BCUT2D eigenvalue weighted by atomic mass is 16.5. The van der Waals surface area contributed by atoms with E-state index in [0.29, 0.717) is 6.54 Å². The molecule has 1 aliphatic rings. The van der Waals surface area contributed by atoms with Crippen molar-refractivity contribution in [2.75, 3.05) is 27.4 Å². The number of methoxy groups -OCH3 is 2. The molecule has 7 nitrogen and oxygen atoms in total. The molecule has 1 rings (SSSR count). The molecule has 0 aromatic heterocycles. The van der Waals surface area contributed by atoms with Gasteiger partial charge in [0.1, 0.15) is 0 Å². The lowest BCUT2D eigenvalue weighted by Crippen LogP contribution is -2.54. The van der Waals surface area contributed by atoms with Crippen molar-refractivity contribution in [2.45, 2.75) is 30.9 Å². The number of carbonyl (C=O) groups excluding carboxylic acids is 1. The van der Waals surface area contributed by atoms with Gasteiger partial charge in [0, 0.05) is 20.8 Å². The molecule has 18 heavy (non-hydrogen) atoms.